The van der Waals surface area contributed by atoms with Crippen molar-refractivity contribution < 1.29 is 14.3 Å². The lowest BCUT2D eigenvalue weighted by molar-refractivity contribution is -0.149. The number of carbonyl (C=O) groups is 2. The SMILES string of the molecule is CC(C#N)(NC(=O)COC(=O)Cn1c2ccccc2c(=O)c2ccccc21)C1CC1. The van der Waals surface area contributed by atoms with Gasteiger partial charge in [0.05, 0.1) is 17.1 Å². The molecule has 0 aliphatic heterocycles. The maximum Gasteiger partial charge on any atom is 0.326 e. The standard InChI is InChI=1S/C23H21N3O4/c1-23(14-24,15-10-11-15)25-20(27)13-30-21(28)12-26-18-8-4-2-6-16(18)22(29)17-7-3-5-9-19(17)26/h2-9,15H,10-13H2,1H3,(H,25,27). The number of hydrogen-bond donors (Lipinski definition) is 1. The number of esters is 1. The molecule has 1 unspecified atom stereocenters. The van der Waals surface area contributed by atoms with Gasteiger partial charge in [-0.25, -0.2) is 0 Å². The van der Waals surface area contributed by atoms with Crippen molar-refractivity contribution in [1.82, 2.24) is 9.88 Å². The normalized spacial score (nSPS) is 15.3. The molecule has 1 N–H and O–H groups in total. The highest BCUT2D eigenvalue weighted by molar-refractivity contribution is 5.94. The van der Waals surface area contributed by atoms with E-state index in [1.165, 1.54) is 0 Å². The quantitative estimate of drug-likeness (QED) is 0.503. The summed E-state index contributed by atoms with van der Waals surface area (Å²) in [4.78, 5) is 37.4. The van der Waals surface area contributed by atoms with Crippen LogP contribution in [0.15, 0.2) is 53.3 Å². The van der Waals surface area contributed by atoms with Crippen LogP contribution in [-0.4, -0.2) is 28.6 Å². The first-order valence-electron chi connectivity index (χ1n) is 9.81. The Hall–Kier alpha value is -3.66. The summed E-state index contributed by atoms with van der Waals surface area (Å²) in [5.41, 5.74) is 0.206. The Morgan fingerprint density at radius 1 is 1.13 bits per heavy atom. The van der Waals surface area contributed by atoms with E-state index in [-0.39, 0.29) is 17.9 Å². The van der Waals surface area contributed by atoms with Crippen molar-refractivity contribution in [2.45, 2.75) is 31.8 Å². The molecule has 1 aromatic heterocycles. The van der Waals surface area contributed by atoms with E-state index >= 15 is 0 Å². The topological polar surface area (TPSA) is 101 Å². The third kappa shape index (κ3) is 3.64. The van der Waals surface area contributed by atoms with Gasteiger partial charge in [-0.3, -0.25) is 14.4 Å². The second-order valence-corrected chi connectivity index (χ2v) is 7.75. The molecule has 0 spiro atoms. The zero-order valence-electron chi connectivity index (χ0n) is 16.6. The first-order chi connectivity index (χ1) is 14.4. The van der Waals surface area contributed by atoms with Gasteiger partial charge in [0.25, 0.3) is 5.91 Å². The van der Waals surface area contributed by atoms with Crippen LogP contribution < -0.4 is 10.7 Å². The Morgan fingerprint density at radius 2 is 1.70 bits per heavy atom. The molecule has 0 bridgehead atoms. The predicted molar refractivity (Wildman–Crippen MR) is 112 cm³/mol. The average molecular weight is 403 g/mol. The summed E-state index contributed by atoms with van der Waals surface area (Å²) >= 11 is 0. The Bertz CT molecular complexity index is 1190. The molecule has 1 aliphatic rings. The monoisotopic (exact) mass is 403 g/mol. The van der Waals surface area contributed by atoms with Crippen LogP contribution in [0.3, 0.4) is 0 Å². The van der Waals surface area contributed by atoms with Crippen LogP contribution in [-0.2, 0) is 20.9 Å². The molecular weight excluding hydrogens is 382 g/mol. The number of benzene rings is 2. The third-order valence-electron chi connectivity index (χ3n) is 5.56. The summed E-state index contributed by atoms with van der Waals surface area (Å²) in [6, 6.07) is 16.3. The van der Waals surface area contributed by atoms with Gasteiger partial charge >= 0.3 is 5.97 Å². The zero-order chi connectivity index (χ0) is 21.3. The Morgan fingerprint density at radius 3 is 2.23 bits per heavy atom. The highest BCUT2D eigenvalue weighted by atomic mass is 16.5. The summed E-state index contributed by atoms with van der Waals surface area (Å²) in [6.45, 7) is 1.08. The van der Waals surface area contributed by atoms with Crippen molar-refractivity contribution >= 4 is 33.7 Å². The number of para-hydroxylation sites is 2. The number of amides is 1. The number of pyridine rings is 1. The van der Waals surface area contributed by atoms with Gasteiger partial charge in [-0.1, -0.05) is 24.3 Å². The lowest BCUT2D eigenvalue weighted by Crippen LogP contribution is -2.48. The predicted octanol–water partition coefficient (Wildman–Crippen LogP) is 2.51. The third-order valence-corrected chi connectivity index (χ3v) is 5.56. The molecule has 1 amide bonds. The number of aromatic nitrogens is 1. The number of hydrogen-bond acceptors (Lipinski definition) is 5. The fraction of sp³-hybridized carbons (Fsp3) is 0.304. The molecular formula is C23H21N3O4. The average Bonchev–Trinajstić information content (AvgIpc) is 3.61. The van der Waals surface area contributed by atoms with E-state index in [0.717, 1.165) is 12.8 Å². The maximum atomic E-state index is 12.8. The minimum atomic E-state index is -0.936. The van der Waals surface area contributed by atoms with Crippen molar-refractivity contribution in [2.24, 2.45) is 5.92 Å². The number of nitrogens with zero attached hydrogens (tertiary/aromatic N) is 2. The lowest BCUT2D eigenvalue weighted by Gasteiger charge is -2.22. The van der Waals surface area contributed by atoms with Gasteiger partial charge in [0.2, 0.25) is 0 Å². The van der Waals surface area contributed by atoms with E-state index in [1.54, 1.807) is 60.0 Å². The Balaban J connectivity index is 1.53. The molecule has 1 heterocycles. The molecule has 0 radical (unpaired) electrons. The molecule has 0 saturated heterocycles. The maximum absolute atomic E-state index is 12.8. The van der Waals surface area contributed by atoms with Gasteiger partial charge in [0, 0.05) is 10.8 Å². The number of carbonyl (C=O) groups excluding carboxylic acids is 2. The van der Waals surface area contributed by atoms with Crippen LogP contribution in [0.2, 0.25) is 0 Å². The van der Waals surface area contributed by atoms with E-state index in [9.17, 15) is 19.6 Å². The summed E-state index contributed by atoms with van der Waals surface area (Å²) in [6.07, 6.45) is 1.80. The molecule has 152 valence electrons. The summed E-state index contributed by atoms with van der Waals surface area (Å²) < 4.78 is 6.89. The summed E-state index contributed by atoms with van der Waals surface area (Å²) in [5.74, 6) is -0.968. The second kappa shape index (κ2) is 7.64. The molecule has 4 rings (SSSR count). The van der Waals surface area contributed by atoms with Gasteiger partial charge in [-0.05, 0) is 49.9 Å². The molecule has 2 aromatic carbocycles. The van der Waals surface area contributed by atoms with Crippen LogP contribution >= 0.6 is 0 Å². The number of rotatable bonds is 6. The van der Waals surface area contributed by atoms with Gasteiger partial charge < -0.3 is 14.6 Å². The first kappa shape index (κ1) is 19.6. The van der Waals surface area contributed by atoms with Gasteiger partial charge in [0.1, 0.15) is 12.1 Å². The van der Waals surface area contributed by atoms with Gasteiger partial charge in [0.15, 0.2) is 12.0 Å². The molecule has 7 heteroatoms. The number of ether oxygens (including phenoxy) is 1. The highest BCUT2D eigenvalue weighted by Crippen LogP contribution is 2.39. The summed E-state index contributed by atoms with van der Waals surface area (Å²) in [5, 5.41) is 13.0. The van der Waals surface area contributed by atoms with E-state index in [4.69, 9.17) is 4.74 Å². The van der Waals surface area contributed by atoms with Gasteiger partial charge in [-0.15, -0.1) is 0 Å². The van der Waals surface area contributed by atoms with Crippen LogP contribution in [0.5, 0.6) is 0 Å². The van der Waals surface area contributed by atoms with Crippen molar-refractivity contribution in [2.75, 3.05) is 6.61 Å². The number of nitrogens with one attached hydrogen (secondary N) is 1. The molecule has 7 nitrogen and oxygen atoms in total. The largest absolute Gasteiger partial charge is 0.454 e. The smallest absolute Gasteiger partial charge is 0.326 e. The fourth-order valence-electron chi connectivity index (χ4n) is 3.78. The van der Waals surface area contributed by atoms with E-state index in [1.807, 2.05) is 0 Å². The Kier molecular flexibility index (Phi) is 5.00. The molecule has 1 atom stereocenters. The molecule has 3 aromatic rings. The first-order valence-corrected chi connectivity index (χ1v) is 9.81. The van der Waals surface area contributed by atoms with Gasteiger partial charge in [-0.2, -0.15) is 5.26 Å². The minimum Gasteiger partial charge on any atom is -0.454 e. The lowest BCUT2D eigenvalue weighted by atomic mass is 9.98. The zero-order valence-corrected chi connectivity index (χ0v) is 16.6. The highest BCUT2D eigenvalue weighted by Gasteiger charge is 2.43. The van der Waals surface area contributed by atoms with E-state index in [2.05, 4.69) is 11.4 Å². The van der Waals surface area contributed by atoms with Crippen molar-refractivity contribution in [3.05, 3.63) is 58.8 Å². The van der Waals surface area contributed by atoms with Crippen LogP contribution in [0.25, 0.3) is 21.8 Å². The van der Waals surface area contributed by atoms with Crippen LogP contribution in [0.4, 0.5) is 0 Å². The molecule has 1 aliphatic carbocycles. The summed E-state index contributed by atoms with van der Waals surface area (Å²) in [7, 11) is 0. The minimum absolute atomic E-state index is 0.0962. The van der Waals surface area contributed by atoms with Crippen LogP contribution in [0, 0.1) is 17.2 Å². The molecule has 1 fully saturated rings. The van der Waals surface area contributed by atoms with Crippen molar-refractivity contribution in [1.29, 1.82) is 5.26 Å². The fourth-order valence-corrected chi connectivity index (χ4v) is 3.78. The second-order valence-electron chi connectivity index (χ2n) is 7.75. The van der Waals surface area contributed by atoms with E-state index in [0.29, 0.717) is 21.8 Å². The van der Waals surface area contributed by atoms with E-state index < -0.39 is 24.0 Å². The van der Waals surface area contributed by atoms with Crippen LogP contribution in [0.1, 0.15) is 19.8 Å². The van der Waals surface area contributed by atoms with Crippen molar-refractivity contribution in [3.63, 3.8) is 0 Å². The Labute approximate surface area is 172 Å². The number of nitriles is 1. The van der Waals surface area contributed by atoms with Crippen molar-refractivity contribution in [3.8, 4) is 6.07 Å². The number of fused-ring (bicyclic) bond motifs is 2. The molecule has 1 saturated carbocycles. The molecule has 30 heavy (non-hydrogen) atoms.